The molecule has 1 aromatic carbocycles. The van der Waals surface area contributed by atoms with Crippen LogP contribution in [0.4, 0.5) is 9.18 Å². The molecule has 4 aromatic rings. The average Bonchev–Trinajstić information content (AvgIpc) is 3.50. The van der Waals surface area contributed by atoms with Crippen molar-refractivity contribution in [1.82, 2.24) is 36.1 Å². The minimum absolute atomic E-state index is 0.0239. The van der Waals surface area contributed by atoms with Gasteiger partial charge in [-0.05, 0) is 24.3 Å². The van der Waals surface area contributed by atoms with E-state index >= 15 is 0 Å². The van der Waals surface area contributed by atoms with E-state index in [1.807, 2.05) is 0 Å². The van der Waals surface area contributed by atoms with Crippen LogP contribution in [0, 0.1) is 5.82 Å². The molecule has 168 valence electrons. The normalized spacial score (nSPS) is 10.6. The number of benzene rings is 1. The number of rotatable bonds is 5. The molecular formula is C20H14Cl2FN7O3. The van der Waals surface area contributed by atoms with Crippen molar-refractivity contribution in [1.29, 1.82) is 0 Å². The first-order valence-electron chi connectivity index (χ1n) is 9.31. The van der Waals surface area contributed by atoms with E-state index in [0.717, 1.165) is 0 Å². The van der Waals surface area contributed by atoms with Crippen LogP contribution < -0.4 is 16.2 Å². The molecule has 3 N–H and O–H groups in total. The third-order valence-corrected chi connectivity index (χ3v) is 4.86. The number of carbonyl (C=O) groups excluding carboxylic acids is 2. The van der Waals surface area contributed by atoms with E-state index in [4.69, 9.17) is 23.2 Å². The number of nitrogens with one attached hydrogen (secondary N) is 3. The van der Waals surface area contributed by atoms with E-state index in [0.29, 0.717) is 26.9 Å². The van der Waals surface area contributed by atoms with E-state index in [-0.39, 0.29) is 18.0 Å². The van der Waals surface area contributed by atoms with Crippen LogP contribution in [-0.4, -0.2) is 31.9 Å². The Labute approximate surface area is 195 Å². The van der Waals surface area contributed by atoms with Gasteiger partial charge in [0.15, 0.2) is 0 Å². The summed E-state index contributed by atoms with van der Waals surface area (Å²) in [6.45, 7) is -0.238. The number of pyridine rings is 1. The highest BCUT2D eigenvalue weighted by atomic mass is 35.5. The summed E-state index contributed by atoms with van der Waals surface area (Å²) in [7, 11) is 0. The summed E-state index contributed by atoms with van der Waals surface area (Å²) in [5.74, 6) is -1.46. The van der Waals surface area contributed by atoms with E-state index in [9.17, 15) is 14.0 Å². The molecule has 0 fully saturated rings. The number of halogens is 3. The number of aromatic nitrogens is 4. The zero-order valence-electron chi connectivity index (χ0n) is 16.6. The lowest BCUT2D eigenvalue weighted by Crippen LogP contribution is -2.46. The monoisotopic (exact) mass is 489 g/mol. The maximum Gasteiger partial charge on any atom is 0.333 e. The largest absolute Gasteiger partial charge is 0.351 e. The van der Waals surface area contributed by atoms with Crippen molar-refractivity contribution in [3.8, 4) is 16.8 Å². The van der Waals surface area contributed by atoms with Crippen molar-refractivity contribution in [3.05, 3.63) is 82.4 Å². The van der Waals surface area contributed by atoms with E-state index in [1.165, 1.54) is 24.5 Å². The van der Waals surface area contributed by atoms with Gasteiger partial charge in [0.1, 0.15) is 5.82 Å². The first-order chi connectivity index (χ1) is 15.9. The predicted octanol–water partition coefficient (Wildman–Crippen LogP) is 3.51. The zero-order valence-corrected chi connectivity index (χ0v) is 18.1. The molecule has 3 amide bonds. The van der Waals surface area contributed by atoms with Crippen LogP contribution in [-0.2, 0) is 6.54 Å². The van der Waals surface area contributed by atoms with Crippen molar-refractivity contribution in [3.63, 3.8) is 0 Å². The minimum Gasteiger partial charge on any atom is -0.351 e. The molecule has 13 heteroatoms. The minimum atomic E-state index is -0.782. The Kier molecular flexibility index (Phi) is 6.52. The number of hydrazine groups is 1. The van der Waals surface area contributed by atoms with Crippen molar-refractivity contribution in [2.75, 3.05) is 0 Å². The number of urea groups is 1. The standard InChI is InChI=1S/C20H14Cl2FN7O3/c21-12-7-13(18(14(22)8-12)30-5-1-3-26-30)11-6-15(23)16(24-9-11)10-25-20(32)29-28-19(31)17-2-4-27-33-17/h1-9H,10H2,(H,28,31)(H2,25,29,32). The van der Waals surface area contributed by atoms with Crippen molar-refractivity contribution < 1.29 is 18.5 Å². The summed E-state index contributed by atoms with van der Waals surface area (Å²) in [4.78, 5) is 27.7. The highest BCUT2D eigenvalue weighted by molar-refractivity contribution is 6.36. The zero-order chi connectivity index (χ0) is 23.4. The lowest BCUT2D eigenvalue weighted by molar-refractivity contribution is 0.0899. The van der Waals surface area contributed by atoms with Gasteiger partial charge in [-0.25, -0.2) is 19.3 Å². The van der Waals surface area contributed by atoms with Crippen LogP contribution in [0.1, 0.15) is 16.2 Å². The molecule has 0 saturated carbocycles. The summed E-state index contributed by atoms with van der Waals surface area (Å²) < 4.78 is 20.9. The maximum absolute atomic E-state index is 14.7. The molecule has 4 rings (SSSR count). The molecular weight excluding hydrogens is 476 g/mol. The van der Waals surface area contributed by atoms with Gasteiger partial charge in [0.2, 0.25) is 5.76 Å². The summed E-state index contributed by atoms with van der Waals surface area (Å²) >= 11 is 12.5. The van der Waals surface area contributed by atoms with Crippen molar-refractivity contribution in [2.45, 2.75) is 6.54 Å². The number of hydrogen-bond donors (Lipinski definition) is 3. The molecule has 0 aliphatic heterocycles. The number of amides is 3. The summed E-state index contributed by atoms with van der Waals surface area (Å²) in [5.41, 5.74) is 5.65. The van der Waals surface area contributed by atoms with Crippen LogP contribution in [0.5, 0.6) is 0 Å². The van der Waals surface area contributed by atoms with Crippen LogP contribution in [0.3, 0.4) is 0 Å². The van der Waals surface area contributed by atoms with Crippen LogP contribution in [0.2, 0.25) is 10.0 Å². The fourth-order valence-corrected chi connectivity index (χ4v) is 3.46. The quantitative estimate of drug-likeness (QED) is 0.368. The van der Waals surface area contributed by atoms with E-state index in [2.05, 4.69) is 35.9 Å². The molecule has 3 aromatic heterocycles. The van der Waals surface area contributed by atoms with Gasteiger partial charge in [0.05, 0.1) is 29.1 Å². The van der Waals surface area contributed by atoms with Crippen molar-refractivity contribution >= 4 is 35.1 Å². The molecule has 10 nitrogen and oxygen atoms in total. The van der Waals surface area contributed by atoms with Crippen LogP contribution in [0.15, 0.2) is 59.6 Å². The topological polar surface area (TPSA) is 127 Å². The van der Waals surface area contributed by atoms with Gasteiger partial charge in [-0.1, -0.05) is 28.4 Å². The third kappa shape index (κ3) is 5.10. The first-order valence-corrected chi connectivity index (χ1v) is 10.1. The summed E-state index contributed by atoms with van der Waals surface area (Å²) in [5, 5.41) is 10.6. The molecule has 33 heavy (non-hydrogen) atoms. The molecule has 0 aliphatic carbocycles. The smallest absolute Gasteiger partial charge is 0.333 e. The second kappa shape index (κ2) is 9.67. The second-order valence-corrected chi connectivity index (χ2v) is 7.37. The van der Waals surface area contributed by atoms with E-state index < -0.39 is 17.8 Å². The number of carbonyl (C=O) groups is 2. The highest BCUT2D eigenvalue weighted by Crippen LogP contribution is 2.35. The molecule has 0 atom stereocenters. The fourth-order valence-electron chi connectivity index (χ4n) is 2.88. The maximum atomic E-state index is 14.7. The lowest BCUT2D eigenvalue weighted by Gasteiger charge is -2.14. The van der Waals surface area contributed by atoms with E-state index in [1.54, 1.807) is 35.3 Å². The van der Waals surface area contributed by atoms with Gasteiger partial charge in [-0.3, -0.25) is 15.2 Å². The van der Waals surface area contributed by atoms with Crippen molar-refractivity contribution in [2.24, 2.45) is 0 Å². The second-order valence-electron chi connectivity index (χ2n) is 6.53. The van der Waals surface area contributed by atoms with Gasteiger partial charge >= 0.3 is 11.9 Å². The molecule has 0 spiro atoms. The molecule has 3 heterocycles. The Hall–Kier alpha value is -3.96. The van der Waals surface area contributed by atoms with Gasteiger partial charge in [0, 0.05) is 40.8 Å². The molecule has 0 unspecified atom stereocenters. The number of hydrogen-bond acceptors (Lipinski definition) is 6. The molecule has 0 radical (unpaired) electrons. The summed E-state index contributed by atoms with van der Waals surface area (Å²) in [6, 6.07) is 6.70. The average molecular weight is 490 g/mol. The Morgan fingerprint density at radius 2 is 2.00 bits per heavy atom. The number of nitrogens with zero attached hydrogens (tertiary/aromatic N) is 4. The first kappa shape index (κ1) is 22.2. The SMILES string of the molecule is O=C(NCc1ncc(-c2cc(Cl)cc(Cl)c2-n2cccn2)cc1F)NNC(=O)c1ccno1. The Morgan fingerprint density at radius 1 is 1.15 bits per heavy atom. The lowest BCUT2D eigenvalue weighted by atomic mass is 10.0. The van der Waals surface area contributed by atoms with Gasteiger partial charge in [-0.15, -0.1) is 0 Å². The third-order valence-electron chi connectivity index (χ3n) is 4.36. The van der Waals surface area contributed by atoms with Gasteiger partial charge < -0.3 is 9.84 Å². The van der Waals surface area contributed by atoms with Gasteiger partial charge in [0.25, 0.3) is 0 Å². The Balaban J connectivity index is 1.46. The Morgan fingerprint density at radius 3 is 2.70 bits per heavy atom. The molecule has 0 aliphatic rings. The van der Waals surface area contributed by atoms with Crippen LogP contribution in [0.25, 0.3) is 16.8 Å². The van der Waals surface area contributed by atoms with Crippen LogP contribution >= 0.6 is 23.2 Å². The Bertz CT molecular complexity index is 1300. The molecule has 0 bridgehead atoms. The van der Waals surface area contributed by atoms with Gasteiger partial charge in [-0.2, -0.15) is 5.10 Å². The predicted molar refractivity (Wildman–Crippen MR) is 116 cm³/mol. The fraction of sp³-hybridized carbons (Fsp3) is 0.0500. The molecule has 0 saturated heterocycles. The highest BCUT2D eigenvalue weighted by Gasteiger charge is 2.16. The summed E-state index contributed by atoms with van der Waals surface area (Å²) in [6.07, 6.45) is 5.99.